The van der Waals surface area contributed by atoms with Gasteiger partial charge < -0.3 is 10.4 Å². The summed E-state index contributed by atoms with van der Waals surface area (Å²) in [5.41, 5.74) is 1.02. The molecule has 2 rings (SSSR count). The predicted octanol–water partition coefficient (Wildman–Crippen LogP) is 3.58. The number of nitrogens with zero attached hydrogens (tertiary/aromatic N) is 1. The van der Waals surface area contributed by atoms with Gasteiger partial charge in [-0.3, -0.25) is 0 Å². The highest BCUT2D eigenvalue weighted by Crippen LogP contribution is 2.30. The van der Waals surface area contributed by atoms with Crippen LogP contribution in [0.25, 0.3) is 0 Å². The predicted molar refractivity (Wildman–Crippen MR) is 81.3 cm³/mol. The maximum atomic E-state index is 11.4. The van der Waals surface area contributed by atoms with Gasteiger partial charge in [0, 0.05) is 9.77 Å². The molecule has 0 bridgehead atoms. The van der Waals surface area contributed by atoms with E-state index in [-0.39, 0.29) is 0 Å². The van der Waals surface area contributed by atoms with Crippen molar-refractivity contribution in [1.82, 2.24) is 0 Å². The topological polar surface area (TPSA) is 73.1 Å². The van der Waals surface area contributed by atoms with E-state index in [0.717, 1.165) is 4.90 Å². The molecule has 1 heterocycles. The molecule has 0 fully saturated rings. The molecule has 0 aliphatic rings. The van der Waals surface area contributed by atoms with Gasteiger partial charge in [0.05, 0.1) is 11.3 Å². The van der Waals surface area contributed by atoms with Crippen molar-refractivity contribution in [2.75, 3.05) is 11.6 Å². The number of thioether (sulfide) groups is 1. The van der Waals surface area contributed by atoms with Crippen molar-refractivity contribution in [2.45, 2.75) is 10.9 Å². The Morgan fingerprint density at radius 2 is 2.25 bits per heavy atom. The van der Waals surface area contributed by atoms with Gasteiger partial charge in [0.25, 0.3) is 0 Å². The number of carbonyl (C=O) groups is 1. The van der Waals surface area contributed by atoms with Gasteiger partial charge in [-0.25, -0.2) is 4.79 Å². The monoisotopic (exact) mass is 304 g/mol. The van der Waals surface area contributed by atoms with Crippen LogP contribution in [-0.2, 0) is 4.79 Å². The van der Waals surface area contributed by atoms with E-state index in [4.69, 9.17) is 0 Å². The van der Waals surface area contributed by atoms with Crippen molar-refractivity contribution in [2.24, 2.45) is 0 Å². The van der Waals surface area contributed by atoms with E-state index in [2.05, 4.69) is 11.4 Å². The summed E-state index contributed by atoms with van der Waals surface area (Å²) >= 11 is 2.83. The molecule has 6 heteroatoms. The third-order valence-electron chi connectivity index (χ3n) is 2.73. The third-order valence-corrected chi connectivity index (χ3v) is 4.45. The van der Waals surface area contributed by atoms with Gasteiger partial charge >= 0.3 is 5.97 Å². The first-order valence-electron chi connectivity index (χ1n) is 5.77. The number of hydrogen-bond acceptors (Lipinski definition) is 5. The second kappa shape index (κ2) is 6.46. The molecule has 0 saturated carbocycles. The molecule has 4 nitrogen and oxygen atoms in total. The van der Waals surface area contributed by atoms with E-state index >= 15 is 0 Å². The number of carboxylic acid groups (broad SMARTS) is 1. The summed E-state index contributed by atoms with van der Waals surface area (Å²) in [7, 11) is 0. The van der Waals surface area contributed by atoms with Crippen LogP contribution in [-0.4, -0.2) is 17.3 Å². The lowest BCUT2D eigenvalue weighted by Gasteiger charge is -2.16. The van der Waals surface area contributed by atoms with Crippen LogP contribution in [0.3, 0.4) is 0 Å². The standard InChI is InChI=1S/C14H12N2O2S2/c1-19-11-5-2-4-10(9(11)8-15)16-13(14(17)18)12-6-3-7-20-12/h2-7,13,16H,1H3,(H,17,18). The fourth-order valence-corrected chi connectivity index (χ4v) is 3.14. The summed E-state index contributed by atoms with van der Waals surface area (Å²) in [6.45, 7) is 0. The second-order valence-electron chi connectivity index (χ2n) is 3.93. The highest BCUT2D eigenvalue weighted by atomic mass is 32.2. The van der Waals surface area contributed by atoms with Crippen molar-refractivity contribution in [1.29, 1.82) is 5.26 Å². The molecule has 0 amide bonds. The number of rotatable bonds is 5. The summed E-state index contributed by atoms with van der Waals surface area (Å²) in [5.74, 6) is -0.967. The van der Waals surface area contributed by atoms with E-state index in [0.29, 0.717) is 16.1 Å². The van der Waals surface area contributed by atoms with Gasteiger partial charge in [-0.15, -0.1) is 23.1 Å². The second-order valence-corrected chi connectivity index (χ2v) is 5.75. The zero-order chi connectivity index (χ0) is 14.5. The van der Waals surface area contributed by atoms with Crippen LogP contribution >= 0.6 is 23.1 Å². The average molecular weight is 304 g/mol. The summed E-state index contributed by atoms with van der Waals surface area (Å²) in [6, 6.07) is 10.2. The van der Waals surface area contributed by atoms with Gasteiger partial charge in [0.15, 0.2) is 6.04 Å². The van der Waals surface area contributed by atoms with Crippen LogP contribution in [0.4, 0.5) is 5.69 Å². The lowest BCUT2D eigenvalue weighted by atomic mass is 10.1. The van der Waals surface area contributed by atoms with E-state index in [1.807, 2.05) is 23.8 Å². The first-order chi connectivity index (χ1) is 9.67. The molecule has 1 unspecified atom stereocenters. The zero-order valence-electron chi connectivity index (χ0n) is 10.7. The maximum Gasteiger partial charge on any atom is 0.331 e. The Bertz CT molecular complexity index is 648. The van der Waals surface area contributed by atoms with Gasteiger partial charge in [0.2, 0.25) is 0 Å². The van der Waals surface area contributed by atoms with Crippen LogP contribution in [0.2, 0.25) is 0 Å². The minimum atomic E-state index is -0.967. The summed E-state index contributed by atoms with van der Waals surface area (Å²) in [5, 5.41) is 23.4. The summed E-state index contributed by atoms with van der Waals surface area (Å²) in [6.07, 6.45) is 1.88. The highest BCUT2D eigenvalue weighted by molar-refractivity contribution is 7.98. The van der Waals surface area contributed by atoms with Crippen LogP contribution in [0.1, 0.15) is 16.5 Å². The Labute approximate surface area is 125 Å². The maximum absolute atomic E-state index is 11.4. The summed E-state index contributed by atoms with van der Waals surface area (Å²) < 4.78 is 0. The molecule has 102 valence electrons. The quantitative estimate of drug-likeness (QED) is 0.826. The van der Waals surface area contributed by atoms with Crippen molar-refractivity contribution in [3.8, 4) is 6.07 Å². The van der Waals surface area contributed by atoms with Gasteiger partial charge in [-0.2, -0.15) is 5.26 Å². The minimum absolute atomic E-state index is 0.475. The number of benzene rings is 1. The molecule has 0 saturated heterocycles. The molecule has 2 aromatic rings. The van der Waals surface area contributed by atoms with E-state index in [1.54, 1.807) is 18.2 Å². The smallest absolute Gasteiger partial charge is 0.331 e. The SMILES string of the molecule is CSc1cccc(NC(C(=O)O)c2cccs2)c1C#N. The normalized spacial score (nSPS) is 11.6. The molecular formula is C14H12N2O2S2. The fraction of sp³-hybridized carbons (Fsp3) is 0.143. The highest BCUT2D eigenvalue weighted by Gasteiger charge is 2.22. The molecule has 20 heavy (non-hydrogen) atoms. The molecule has 0 aliphatic carbocycles. The third kappa shape index (κ3) is 2.95. The Morgan fingerprint density at radius 1 is 1.45 bits per heavy atom. The Morgan fingerprint density at radius 3 is 2.80 bits per heavy atom. The van der Waals surface area contributed by atoms with Crippen LogP contribution in [0.15, 0.2) is 40.6 Å². The molecule has 0 aliphatic heterocycles. The lowest BCUT2D eigenvalue weighted by molar-refractivity contribution is -0.138. The molecule has 1 atom stereocenters. The van der Waals surface area contributed by atoms with Crippen molar-refractivity contribution < 1.29 is 9.90 Å². The van der Waals surface area contributed by atoms with E-state index in [1.165, 1.54) is 23.1 Å². The van der Waals surface area contributed by atoms with Crippen molar-refractivity contribution in [3.63, 3.8) is 0 Å². The number of hydrogen-bond donors (Lipinski definition) is 2. The molecule has 1 aromatic carbocycles. The number of aliphatic carboxylic acids is 1. The first-order valence-corrected chi connectivity index (χ1v) is 7.87. The average Bonchev–Trinajstić information content (AvgIpc) is 2.97. The van der Waals surface area contributed by atoms with E-state index < -0.39 is 12.0 Å². The van der Waals surface area contributed by atoms with Crippen LogP contribution in [0.5, 0.6) is 0 Å². The number of nitrogens with one attached hydrogen (secondary N) is 1. The molecule has 0 radical (unpaired) electrons. The number of thiophene rings is 1. The molecule has 0 spiro atoms. The van der Waals surface area contributed by atoms with Crippen LogP contribution in [0, 0.1) is 11.3 Å². The zero-order valence-corrected chi connectivity index (χ0v) is 12.3. The van der Waals surface area contributed by atoms with Gasteiger partial charge in [0.1, 0.15) is 6.07 Å². The van der Waals surface area contributed by atoms with Gasteiger partial charge in [-0.1, -0.05) is 12.1 Å². The molecule has 2 N–H and O–H groups in total. The molecular weight excluding hydrogens is 292 g/mol. The lowest BCUT2D eigenvalue weighted by Crippen LogP contribution is -2.20. The Hall–Kier alpha value is -1.97. The first kappa shape index (κ1) is 14.4. The summed E-state index contributed by atoms with van der Waals surface area (Å²) in [4.78, 5) is 12.9. The van der Waals surface area contributed by atoms with Crippen molar-refractivity contribution in [3.05, 3.63) is 46.2 Å². The number of carboxylic acids is 1. The number of anilines is 1. The molecule has 1 aromatic heterocycles. The minimum Gasteiger partial charge on any atom is -0.479 e. The van der Waals surface area contributed by atoms with Crippen molar-refractivity contribution >= 4 is 34.8 Å². The van der Waals surface area contributed by atoms with E-state index in [9.17, 15) is 15.2 Å². The Kier molecular flexibility index (Phi) is 4.66. The Balaban J connectivity index is 2.38. The largest absolute Gasteiger partial charge is 0.479 e. The number of nitriles is 1. The van der Waals surface area contributed by atoms with Crippen LogP contribution < -0.4 is 5.32 Å². The fourth-order valence-electron chi connectivity index (χ4n) is 1.80. The van der Waals surface area contributed by atoms with Gasteiger partial charge in [-0.05, 0) is 29.8 Å².